The summed E-state index contributed by atoms with van der Waals surface area (Å²) in [6.45, 7) is 6.89. The van der Waals surface area contributed by atoms with Crippen molar-refractivity contribution in [2.45, 2.75) is 39.3 Å². The molecule has 0 saturated carbocycles. The van der Waals surface area contributed by atoms with Gasteiger partial charge in [0.2, 0.25) is 0 Å². The number of carbonyl (C=O) groups is 1. The number of ether oxygens (including phenoxy) is 2. The van der Waals surface area contributed by atoms with E-state index in [0.717, 1.165) is 6.20 Å². The maximum atomic E-state index is 13.5. The molecule has 0 fully saturated rings. The van der Waals surface area contributed by atoms with Gasteiger partial charge in [0.15, 0.2) is 18.3 Å². The Morgan fingerprint density at radius 1 is 1.15 bits per heavy atom. The zero-order valence-electron chi connectivity index (χ0n) is 15.9. The highest BCUT2D eigenvalue weighted by atomic mass is 19.4. The molecule has 4 nitrogen and oxygen atoms in total. The van der Waals surface area contributed by atoms with Crippen molar-refractivity contribution in [2.75, 3.05) is 13.9 Å². The van der Waals surface area contributed by atoms with Crippen LogP contribution in [0.1, 0.15) is 49.3 Å². The van der Waals surface area contributed by atoms with E-state index in [0.29, 0.717) is 5.56 Å². The highest BCUT2D eigenvalue weighted by Crippen LogP contribution is 2.42. The van der Waals surface area contributed by atoms with E-state index in [2.05, 4.69) is 4.98 Å². The maximum absolute atomic E-state index is 13.5. The minimum Gasteiger partial charge on any atom is -0.466 e. The second-order valence-corrected chi connectivity index (χ2v) is 7.15. The van der Waals surface area contributed by atoms with Gasteiger partial charge in [-0.05, 0) is 36.1 Å². The summed E-state index contributed by atoms with van der Waals surface area (Å²) < 4.78 is 51.0. The molecule has 0 saturated heterocycles. The number of alkyl halides is 3. The Kier molecular flexibility index (Phi) is 5.94. The summed E-state index contributed by atoms with van der Waals surface area (Å²) in [6, 6.07) is 6.01. The average Bonchev–Trinajstić information content (AvgIpc) is 2.57. The third kappa shape index (κ3) is 4.66. The van der Waals surface area contributed by atoms with Crippen LogP contribution in [0.5, 0.6) is 5.75 Å². The monoisotopic (exact) mass is 381 g/mol. The van der Waals surface area contributed by atoms with Gasteiger partial charge in [-0.2, -0.15) is 13.2 Å². The smallest absolute Gasteiger partial charge is 0.433 e. The van der Waals surface area contributed by atoms with Crippen molar-refractivity contribution in [2.24, 2.45) is 0 Å². The van der Waals surface area contributed by atoms with Crippen LogP contribution >= 0.6 is 0 Å². The summed E-state index contributed by atoms with van der Waals surface area (Å²) in [5.41, 5.74) is -0.502. The molecule has 0 aliphatic rings. The van der Waals surface area contributed by atoms with E-state index in [9.17, 15) is 18.0 Å². The van der Waals surface area contributed by atoms with Crippen LogP contribution in [0, 0.1) is 0 Å². The van der Waals surface area contributed by atoms with Gasteiger partial charge in [0.25, 0.3) is 0 Å². The molecule has 0 aliphatic carbocycles. The number of ketones is 1. The number of benzene rings is 1. The summed E-state index contributed by atoms with van der Waals surface area (Å²) in [5.74, 6) is -0.262. The fourth-order valence-electron chi connectivity index (χ4n) is 2.65. The summed E-state index contributed by atoms with van der Waals surface area (Å²) in [4.78, 5) is 15.7. The van der Waals surface area contributed by atoms with E-state index in [-0.39, 0.29) is 40.4 Å². The van der Waals surface area contributed by atoms with Crippen LogP contribution in [0.25, 0.3) is 11.1 Å². The Labute approximate surface area is 156 Å². The molecule has 0 atom stereocenters. The molecule has 0 bridgehead atoms. The van der Waals surface area contributed by atoms with Crippen LogP contribution in [-0.2, 0) is 16.3 Å². The van der Waals surface area contributed by atoms with Crippen LogP contribution in [0.3, 0.4) is 0 Å². The summed E-state index contributed by atoms with van der Waals surface area (Å²) in [5, 5.41) is 0. The Morgan fingerprint density at radius 3 is 2.33 bits per heavy atom. The molecule has 0 N–H and O–H groups in total. The van der Waals surface area contributed by atoms with Crippen molar-refractivity contribution in [3.05, 3.63) is 47.3 Å². The van der Waals surface area contributed by atoms with Crippen molar-refractivity contribution in [1.29, 1.82) is 0 Å². The van der Waals surface area contributed by atoms with Crippen molar-refractivity contribution >= 4 is 5.78 Å². The van der Waals surface area contributed by atoms with Gasteiger partial charge in [0.1, 0.15) is 5.75 Å². The SMILES string of the molecule is COCOc1c(C(C)=O)cc(C(C)(C)C)cc1-c1cccnc1C(F)(F)F. The molecule has 0 amide bonds. The molecule has 1 aromatic carbocycles. The van der Waals surface area contributed by atoms with E-state index in [1.807, 2.05) is 20.8 Å². The molecule has 1 heterocycles. The quantitative estimate of drug-likeness (QED) is 0.524. The first-order chi connectivity index (χ1) is 12.5. The fourth-order valence-corrected chi connectivity index (χ4v) is 2.65. The number of pyridine rings is 1. The number of aromatic nitrogens is 1. The van der Waals surface area contributed by atoms with Crippen LogP contribution < -0.4 is 4.74 Å². The van der Waals surface area contributed by atoms with Crippen LogP contribution in [0.4, 0.5) is 13.2 Å². The topological polar surface area (TPSA) is 48.4 Å². The third-order valence-electron chi connectivity index (χ3n) is 4.02. The lowest BCUT2D eigenvalue weighted by atomic mass is 9.83. The molecular weight excluding hydrogens is 359 g/mol. The van der Waals surface area contributed by atoms with Gasteiger partial charge in [-0.3, -0.25) is 9.78 Å². The number of Topliss-reactive ketones (excluding diaryl/α,β-unsaturated/α-hetero) is 1. The lowest BCUT2D eigenvalue weighted by molar-refractivity contribution is -0.140. The first-order valence-electron chi connectivity index (χ1n) is 8.30. The molecule has 0 unspecified atom stereocenters. The largest absolute Gasteiger partial charge is 0.466 e. The first kappa shape index (κ1) is 20.9. The number of hydrogen-bond donors (Lipinski definition) is 0. The molecule has 7 heteroatoms. The first-order valence-corrected chi connectivity index (χ1v) is 8.30. The van der Waals surface area contributed by atoms with Crippen molar-refractivity contribution in [1.82, 2.24) is 4.98 Å². The van der Waals surface area contributed by atoms with Gasteiger partial charge in [-0.15, -0.1) is 0 Å². The van der Waals surface area contributed by atoms with Gasteiger partial charge in [0, 0.05) is 24.4 Å². The van der Waals surface area contributed by atoms with Gasteiger partial charge in [-0.25, -0.2) is 0 Å². The Hall–Kier alpha value is -2.41. The van der Waals surface area contributed by atoms with Crippen molar-refractivity contribution in [3.8, 4) is 16.9 Å². The Balaban J connectivity index is 2.89. The third-order valence-corrected chi connectivity index (χ3v) is 4.02. The normalized spacial score (nSPS) is 12.1. The molecule has 2 aromatic rings. The van der Waals surface area contributed by atoms with E-state index in [4.69, 9.17) is 9.47 Å². The van der Waals surface area contributed by atoms with Gasteiger partial charge < -0.3 is 9.47 Å². The van der Waals surface area contributed by atoms with Crippen LogP contribution in [0.2, 0.25) is 0 Å². The van der Waals surface area contributed by atoms with E-state index >= 15 is 0 Å². The van der Waals surface area contributed by atoms with Crippen LogP contribution in [-0.4, -0.2) is 24.7 Å². The lowest BCUT2D eigenvalue weighted by Gasteiger charge is -2.24. The molecule has 1 aromatic heterocycles. The second-order valence-electron chi connectivity index (χ2n) is 7.15. The molecular formula is C20H22F3NO3. The molecule has 0 aliphatic heterocycles. The van der Waals surface area contributed by atoms with Gasteiger partial charge in [-0.1, -0.05) is 26.8 Å². The maximum Gasteiger partial charge on any atom is 0.433 e. The molecule has 0 spiro atoms. The molecule has 146 valence electrons. The molecule has 0 radical (unpaired) electrons. The zero-order valence-corrected chi connectivity index (χ0v) is 15.9. The number of carbonyl (C=O) groups excluding carboxylic acids is 1. The fraction of sp³-hybridized carbons (Fsp3) is 0.400. The lowest BCUT2D eigenvalue weighted by Crippen LogP contribution is -2.16. The number of halogens is 3. The number of methoxy groups -OCH3 is 1. The minimum absolute atomic E-state index is 0.0517. The van der Waals surface area contributed by atoms with Crippen molar-refractivity contribution in [3.63, 3.8) is 0 Å². The van der Waals surface area contributed by atoms with E-state index < -0.39 is 11.9 Å². The summed E-state index contributed by atoms with van der Waals surface area (Å²) in [6.07, 6.45) is -3.56. The molecule has 27 heavy (non-hydrogen) atoms. The Bertz CT molecular complexity index is 839. The van der Waals surface area contributed by atoms with Gasteiger partial charge in [0.05, 0.1) is 5.56 Å². The number of nitrogens with zero attached hydrogens (tertiary/aromatic N) is 1. The predicted molar refractivity (Wildman–Crippen MR) is 95.9 cm³/mol. The number of hydrogen-bond acceptors (Lipinski definition) is 4. The molecule has 2 rings (SSSR count). The highest BCUT2D eigenvalue weighted by Gasteiger charge is 2.36. The van der Waals surface area contributed by atoms with E-state index in [1.165, 1.54) is 26.2 Å². The highest BCUT2D eigenvalue weighted by molar-refractivity contribution is 6.00. The summed E-state index contributed by atoms with van der Waals surface area (Å²) in [7, 11) is 1.39. The predicted octanol–water partition coefficient (Wildman–Crippen LogP) is 5.25. The number of rotatable bonds is 5. The Morgan fingerprint density at radius 2 is 1.81 bits per heavy atom. The summed E-state index contributed by atoms with van der Waals surface area (Å²) >= 11 is 0. The van der Waals surface area contributed by atoms with Crippen LogP contribution in [0.15, 0.2) is 30.5 Å². The van der Waals surface area contributed by atoms with Gasteiger partial charge >= 0.3 is 6.18 Å². The minimum atomic E-state index is -4.65. The standard InChI is InChI=1S/C20H22F3NO3/c1-12(25)15-9-13(19(2,3)4)10-16(17(15)27-11-26-5)14-7-6-8-24-18(14)20(21,22)23/h6-10H,11H2,1-5H3. The second kappa shape index (κ2) is 7.68. The average molecular weight is 381 g/mol. The van der Waals surface area contributed by atoms with E-state index in [1.54, 1.807) is 12.1 Å². The van der Waals surface area contributed by atoms with Crippen molar-refractivity contribution < 1.29 is 27.4 Å². The zero-order chi connectivity index (χ0) is 20.4.